The molecule has 0 spiro atoms. The van der Waals surface area contributed by atoms with Gasteiger partial charge in [-0.2, -0.15) is 0 Å². The molecule has 2 rings (SSSR count). The highest BCUT2D eigenvalue weighted by Gasteiger charge is 2.08. The zero-order valence-corrected chi connectivity index (χ0v) is 20.6. The predicted molar refractivity (Wildman–Crippen MR) is 131 cm³/mol. The van der Waals surface area contributed by atoms with Gasteiger partial charge in [0.1, 0.15) is 12.3 Å². The Morgan fingerprint density at radius 3 is 2.52 bits per heavy atom. The molecule has 2 aromatic rings. The average molecular weight is 530 g/mol. The number of benzene rings is 1. The fourth-order valence-corrected chi connectivity index (χ4v) is 3.20. The maximum Gasteiger partial charge on any atom is 0.243 e. The lowest BCUT2D eigenvalue weighted by molar-refractivity contribution is -0.127. The van der Waals surface area contributed by atoms with Crippen LogP contribution in [-0.2, 0) is 17.8 Å². The number of amides is 1. The van der Waals surface area contributed by atoms with Gasteiger partial charge < -0.3 is 20.3 Å². The molecule has 1 heterocycles. The van der Waals surface area contributed by atoms with Crippen molar-refractivity contribution in [1.82, 2.24) is 15.5 Å². The molecule has 29 heavy (non-hydrogen) atoms. The van der Waals surface area contributed by atoms with Crippen molar-refractivity contribution in [3.8, 4) is 5.75 Å². The molecule has 2 N–H and O–H groups in total. The first-order chi connectivity index (χ1) is 13.5. The van der Waals surface area contributed by atoms with Gasteiger partial charge in [-0.1, -0.05) is 25.1 Å². The Labute approximate surface area is 194 Å². The summed E-state index contributed by atoms with van der Waals surface area (Å²) >= 11 is 1.69. The fourth-order valence-electron chi connectivity index (χ4n) is 2.55. The number of ether oxygens (including phenoxy) is 1. The lowest BCUT2D eigenvalue weighted by Crippen LogP contribution is -2.40. The van der Waals surface area contributed by atoms with Gasteiger partial charge in [0.25, 0.3) is 0 Å². The summed E-state index contributed by atoms with van der Waals surface area (Å²) in [5, 5.41) is 8.73. The number of aliphatic imine (C=N–C) groups is 1. The van der Waals surface area contributed by atoms with Crippen molar-refractivity contribution < 1.29 is 9.53 Å². The van der Waals surface area contributed by atoms with Gasteiger partial charge in [0.05, 0.1) is 13.7 Å². The Balaban J connectivity index is 0.00000420. The second-order valence-electron chi connectivity index (χ2n) is 6.92. The van der Waals surface area contributed by atoms with Crippen LogP contribution in [0.3, 0.4) is 0 Å². The van der Waals surface area contributed by atoms with E-state index in [4.69, 9.17) is 4.74 Å². The first kappa shape index (κ1) is 25.2. The van der Waals surface area contributed by atoms with Crippen LogP contribution in [0.4, 0.5) is 0 Å². The van der Waals surface area contributed by atoms with E-state index >= 15 is 0 Å². The molecule has 8 heteroatoms. The number of hydrogen-bond acceptors (Lipinski definition) is 4. The summed E-state index contributed by atoms with van der Waals surface area (Å²) in [6.45, 7) is 3.77. The lowest BCUT2D eigenvalue weighted by Gasteiger charge is -2.17. The smallest absolute Gasteiger partial charge is 0.243 e. The number of nitrogens with zero attached hydrogens (tertiary/aromatic N) is 2. The normalized spacial score (nSPS) is 11.9. The molecule has 0 aliphatic carbocycles. The fraction of sp³-hybridized carbons (Fsp3) is 0.429. The monoisotopic (exact) mass is 530 g/mol. The number of rotatable bonds is 9. The molecule has 0 fully saturated rings. The maximum atomic E-state index is 11.9. The molecule has 1 aromatic heterocycles. The summed E-state index contributed by atoms with van der Waals surface area (Å²) in [4.78, 5) is 19.1. The van der Waals surface area contributed by atoms with Gasteiger partial charge >= 0.3 is 0 Å². The van der Waals surface area contributed by atoms with E-state index in [1.54, 1.807) is 37.4 Å². The summed E-state index contributed by atoms with van der Waals surface area (Å²) in [6, 6.07) is 12.3. The van der Waals surface area contributed by atoms with E-state index in [1.807, 2.05) is 23.6 Å². The van der Waals surface area contributed by atoms with E-state index < -0.39 is 0 Å². The van der Waals surface area contributed by atoms with E-state index in [0.29, 0.717) is 18.4 Å². The molecular weight excluding hydrogens is 499 g/mol. The van der Waals surface area contributed by atoms with Gasteiger partial charge in [-0.05, 0) is 41.5 Å². The van der Waals surface area contributed by atoms with E-state index in [-0.39, 0.29) is 36.4 Å². The second kappa shape index (κ2) is 13.4. The van der Waals surface area contributed by atoms with E-state index in [1.165, 1.54) is 10.4 Å². The average Bonchev–Trinajstić information content (AvgIpc) is 3.21. The van der Waals surface area contributed by atoms with Crippen molar-refractivity contribution in [3.63, 3.8) is 0 Å². The summed E-state index contributed by atoms with van der Waals surface area (Å²) in [5.41, 5.74) is 1.27. The molecule has 1 aromatic carbocycles. The molecular formula is C21H31IN4O2S. The highest BCUT2D eigenvalue weighted by atomic mass is 127. The van der Waals surface area contributed by atoms with Crippen LogP contribution < -0.4 is 15.4 Å². The topological polar surface area (TPSA) is 66.0 Å². The molecule has 1 atom stereocenters. The van der Waals surface area contributed by atoms with Gasteiger partial charge in [0.15, 0.2) is 5.96 Å². The number of nitrogens with one attached hydrogen (secondary N) is 2. The maximum absolute atomic E-state index is 11.9. The molecule has 1 amide bonds. The van der Waals surface area contributed by atoms with Gasteiger partial charge in [-0.15, -0.1) is 35.3 Å². The number of likely N-dealkylation sites (N-methyl/N-ethyl adjacent to an activating group) is 1. The van der Waals surface area contributed by atoms with Crippen molar-refractivity contribution in [2.75, 3.05) is 34.3 Å². The summed E-state index contributed by atoms with van der Waals surface area (Å²) < 4.78 is 5.21. The van der Waals surface area contributed by atoms with Gasteiger partial charge in [-0.25, -0.2) is 4.99 Å². The van der Waals surface area contributed by atoms with Crippen LogP contribution in [-0.4, -0.2) is 51.1 Å². The number of methoxy groups -OCH3 is 1. The Hall–Kier alpha value is -1.81. The molecule has 0 bridgehead atoms. The SMILES string of the molecule is COc1ccc(CC(C)CNC(=NCC(=O)N(C)C)NCc2cccs2)cc1.I. The minimum Gasteiger partial charge on any atom is -0.497 e. The third-order valence-electron chi connectivity index (χ3n) is 4.24. The van der Waals surface area contributed by atoms with Crippen molar-refractivity contribution in [1.29, 1.82) is 0 Å². The molecule has 0 saturated carbocycles. The Morgan fingerprint density at radius 1 is 1.21 bits per heavy atom. The van der Waals surface area contributed by atoms with Crippen LogP contribution in [0.15, 0.2) is 46.8 Å². The zero-order chi connectivity index (χ0) is 20.4. The molecule has 0 aliphatic heterocycles. The molecule has 0 aliphatic rings. The second-order valence-corrected chi connectivity index (χ2v) is 7.96. The third-order valence-corrected chi connectivity index (χ3v) is 5.12. The largest absolute Gasteiger partial charge is 0.497 e. The quantitative estimate of drug-likeness (QED) is 0.297. The zero-order valence-electron chi connectivity index (χ0n) is 17.5. The third kappa shape index (κ3) is 9.49. The van der Waals surface area contributed by atoms with Crippen LogP contribution in [0, 0.1) is 5.92 Å². The molecule has 6 nitrogen and oxygen atoms in total. The first-order valence-electron chi connectivity index (χ1n) is 9.35. The van der Waals surface area contributed by atoms with Crippen LogP contribution >= 0.6 is 35.3 Å². The van der Waals surface area contributed by atoms with Crippen LogP contribution in [0.25, 0.3) is 0 Å². The molecule has 1 unspecified atom stereocenters. The van der Waals surface area contributed by atoms with Crippen molar-refractivity contribution >= 4 is 47.2 Å². The molecule has 0 radical (unpaired) electrons. The van der Waals surface area contributed by atoms with Crippen LogP contribution in [0.1, 0.15) is 17.4 Å². The van der Waals surface area contributed by atoms with E-state index in [9.17, 15) is 4.79 Å². The van der Waals surface area contributed by atoms with Gasteiger partial charge in [-0.3, -0.25) is 4.79 Å². The molecule has 0 saturated heterocycles. The number of carbonyl (C=O) groups excluding carboxylic acids is 1. The van der Waals surface area contributed by atoms with E-state index in [2.05, 4.69) is 40.7 Å². The highest BCUT2D eigenvalue weighted by molar-refractivity contribution is 14.0. The van der Waals surface area contributed by atoms with Crippen LogP contribution in [0.5, 0.6) is 5.75 Å². The van der Waals surface area contributed by atoms with Crippen molar-refractivity contribution in [2.24, 2.45) is 10.9 Å². The number of guanidine groups is 1. The number of carbonyl (C=O) groups is 1. The summed E-state index contributed by atoms with van der Waals surface area (Å²) in [6.07, 6.45) is 0.950. The molecule has 160 valence electrons. The number of hydrogen-bond donors (Lipinski definition) is 2. The van der Waals surface area contributed by atoms with Crippen LogP contribution in [0.2, 0.25) is 0 Å². The number of thiophene rings is 1. The first-order valence-corrected chi connectivity index (χ1v) is 10.2. The summed E-state index contributed by atoms with van der Waals surface area (Å²) in [5.74, 6) is 1.91. The van der Waals surface area contributed by atoms with E-state index in [0.717, 1.165) is 18.7 Å². The Morgan fingerprint density at radius 2 is 1.93 bits per heavy atom. The summed E-state index contributed by atoms with van der Waals surface area (Å²) in [7, 11) is 5.15. The Kier molecular flexibility index (Phi) is 11.7. The van der Waals surface area contributed by atoms with Crippen molar-refractivity contribution in [3.05, 3.63) is 52.2 Å². The van der Waals surface area contributed by atoms with Gasteiger partial charge in [0, 0.05) is 25.5 Å². The Bertz CT molecular complexity index is 749. The minimum absolute atomic E-state index is 0. The predicted octanol–water partition coefficient (Wildman–Crippen LogP) is 3.38. The standard InChI is InChI=1S/C21H30N4O2S.HI/c1-16(12-17-7-9-18(27-4)10-8-17)13-22-21(24-15-20(26)25(2)3)23-14-19-6-5-11-28-19;/h5-11,16H,12-15H2,1-4H3,(H2,22,23,24);1H. The number of halogens is 1. The minimum atomic E-state index is -0.0245. The lowest BCUT2D eigenvalue weighted by atomic mass is 10.0. The van der Waals surface area contributed by atoms with Crippen molar-refractivity contribution in [2.45, 2.75) is 19.9 Å². The highest BCUT2D eigenvalue weighted by Crippen LogP contribution is 2.14. The van der Waals surface area contributed by atoms with Gasteiger partial charge in [0.2, 0.25) is 5.91 Å².